The van der Waals surface area contributed by atoms with Gasteiger partial charge in [0.25, 0.3) is 5.56 Å². The van der Waals surface area contributed by atoms with Crippen molar-refractivity contribution in [2.75, 3.05) is 19.6 Å². The van der Waals surface area contributed by atoms with Crippen LogP contribution in [0.2, 0.25) is 0 Å². The number of nitrogens with one attached hydrogen (secondary N) is 3. The fourth-order valence-corrected chi connectivity index (χ4v) is 3.81. The molecule has 1 aliphatic rings. The van der Waals surface area contributed by atoms with Crippen molar-refractivity contribution in [1.29, 1.82) is 0 Å². The molecule has 1 unspecified atom stereocenters. The molecule has 1 amide bonds. The standard InChI is InChI=1S/C21H28N4O3/c1-15-17(20(27)24-21(28)23-15)13-19(26)22-14-18(16-9-5-4-6-10-16)25-11-7-2-3-8-12-25/h4-6,9-10,18H,2-3,7-8,11-14H2,1H3,(H,22,26)(H2,23,24,27,28). The average molecular weight is 384 g/mol. The van der Waals surface area contributed by atoms with Crippen LogP contribution in [0.4, 0.5) is 0 Å². The number of rotatable bonds is 6. The maximum Gasteiger partial charge on any atom is 0.325 e. The Bertz CT molecular complexity index is 896. The molecule has 2 aromatic rings. The number of nitrogens with zero attached hydrogens (tertiary/aromatic N) is 1. The van der Waals surface area contributed by atoms with Crippen molar-refractivity contribution in [3.8, 4) is 0 Å². The molecule has 150 valence electrons. The van der Waals surface area contributed by atoms with Crippen molar-refractivity contribution in [1.82, 2.24) is 20.2 Å². The fourth-order valence-electron chi connectivity index (χ4n) is 3.81. The number of aromatic nitrogens is 2. The third kappa shape index (κ3) is 5.19. The molecule has 2 heterocycles. The van der Waals surface area contributed by atoms with Crippen LogP contribution in [0.25, 0.3) is 0 Å². The number of aryl methyl sites for hydroxylation is 1. The van der Waals surface area contributed by atoms with Crippen molar-refractivity contribution in [2.24, 2.45) is 0 Å². The highest BCUT2D eigenvalue weighted by molar-refractivity contribution is 5.78. The molecule has 1 aromatic heterocycles. The van der Waals surface area contributed by atoms with Gasteiger partial charge in [-0.15, -0.1) is 0 Å². The Morgan fingerprint density at radius 3 is 2.39 bits per heavy atom. The molecule has 0 radical (unpaired) electrons. The third-order valence-electron chi connectivity index (χ3n) is 5.35. The Labute approximate surface area is 164 Å². The molecule has 3 N–H and O–H groups in total. The fraction of sp³-hybridized carbons (Fsp3) is 0.476. The van der Waals surface area contributed by atoms with E-state index in [0.29, 0.717) is 17.8 Å². The minimum absolute atomic E-state index is 0.0561. The van der Waals surface area contributed by atoms with E-state index in [0.717, 1.165) is 13.1 Å². The second-order valence-electron chi connectivity index (χ2n) is 7.37. The number of carbonyl (C=O) groups excluding carboxylic acids is 1. The van der Waals surface area contributed by atoms with Gasteiger partial charge >= 0.3 is 5.69 Å². The molecule has 7 heteroatoms. The van der Waals surface area contributed by atoms with Crippen molar-refractivity contribution in [3.63, 3.8) is 0 Å². The van der Waals surface area contributed by atoms with Crippen molar-refractivity contribution in [3.05, 3.63) is 68.0 Å². The number of amides is 1. The van der Waals surface area contributed by atoms with Gasteiger partial charge in [0.15, 0.2) is 0 Å². The number of H-pyrrole nitrogens is 2. The molecule has 0 aliphatic carbocycles. The lowest BCUT2D eigenvalue weighted by Crippen LogP contribution is -2.40. The highest BCUT2D eigenvalue weighted by Crippen LogP contribution is 2.23. The second-order valence-corrected chi connectivity index (χ2v) is 7.37. The average Bonchev–Trinajstić information content (AvgIpc) is 2.95. The molecule has 1 aromatic carbocycles. The van der Waals surface area contributed by atoms with Gasteiger partial charge in [-0.1, -0.05) is 43.2 Å². The lowest BCUT2D eigenvalue weighted by molar-refractivity contribution is -0.120. The maximum atomic E-state index is 12.5. The molecule has 0 saturated carbocycles. The first-order chi connectivity index (χ1) is 13.5. The zero-order valence-electron chi connectivity index (χ0n) is 16.3. The molecule has 7 nitrogen and oxygen atoms in total. The Kier molecular flexibility index (Phi) is 6.81. The summed E-state index contributed by atoms with van der Waals surface area (Å²) in [4.78, 5) is 43.0. The van der Waals surface area contributed by atoms with Gasteiger partial charge in [-0.2, -0.15) is 0 Å². The molecule has 0 spiro atoms. The zero-order chi connectivity index (χ0) is 19.9. The van der Waals surface area contributed by atoms with Gasteiger partial charge in [-0.25, -0.2) is 4.79 Å². The van der Waals surface area contributed by atoms with Gasteiger partial charge in [0.05, 0.1) is 12.5 Å². The van der Waals surface area contributed by atoms with Gasteiger partial charge in [0.2, 0.25) is 5.91 Å². The molecule has 1 fully saturated rings. The van der Waals surface area contributed by atoms with E-state index >= 15 is 0 Å². The highest BCUT2D eigenvalue weighted by Gasteiger charge is 2.22. The summed E-state index contributed by atoms with van der Waals surface area (Å²) in [5, 5.41) is 2.99. The van der Waals surface area contributed by atoms with Crippen LogP contribution in [0.3, 0.4) is 0 Å². The van der Waals surface area contributed by atoms with E-state index in [4.69, 9.17) is 0 Å². The first-order valence-electron chi connectivity index (χ1n) is 9.92. The quantitative estimate of drug-likeness (QED) is 0.705. The molecule has 3 rings (SSSR count). The zero-order valence-corrected chi connectivity index (χ0v) is 16.3. The Balaban J connectivity index is 1.70. The van der Waals surface area contributed by atoms with E-state index in [2.05, 4.69) is 32.3 Å². The number of carbonyl (C=O) groups is 1. The number of likely N-dealkylation sites (tertiary alicyclic amines) is 1. The summed E-state index contributed by atoms with van der Waals surface area (Å²) < 4.78 is 0. The Morgan fingerprint density at radius 1 is 1.07 bits per heavy atom. The first-order valence-corrected chi connectivity index (χ1v) is 9.92. The van der Waals surface area contributed by atoms with Crippen molar-refractivity contribution < 1.29 is 4.79 Å². The molecule has 1 aliphatic heterocycles. The monoisotopic (exact) mass is 384 g/mol. The molecule has 0 bridgehead atoms. The summed E-state index contributed by atoms with van der Waals surface area (Å²) in [6, 6.07) is 10.3. The van der Waals surface area contributed by atoms with Gasteiger partial charge in [-0.3, -0.25) is 19.5 Å². The summed E-state index contributed by atoms with van der Waals surface area (Å²) in [5.41, 5.74) is 0.836. The smallest absolute Gasteiger partial charge is 0.325 e. The van der Waals surface area contributed by atoms with Crippen LogP contribution in [0.1, 0.15) is 48.5 Å². The minimum Gasteiger partial charge on any atom is -0.354 e. The van der Waals surface area contributed by atoms with E-state index in [1.165, 1.54) is 31.2 Å². The van der Waals surface area contributed by atoms with Crippen LogP contribution >= 0.6 is 0 Å². The molecule has 1 atom stereocenters. The summed E-state index contributed by atoms with van der Waals surface area (Å²) in [6.07, 6.45) is 4.78. The van der Waals surface area contributed by atoms with Gasteiger partial charge in [-0.05, 0) is 38.4 Å². The highest BCUT2D eigenvalue weighted by atomic mass is 16.2. The van der Waals surface area contributed by atoms with Gasteiger partial charge < -0.3 is 10.3 Å². The van der Waals surface area contributed by atoms with Crippen LogP contribution in [-0.2, 0) is 11.2 Å². The lowest BCUT2D eigenvalue weighted by Gasteiger charge is -2.31. The van der Waals surface area contributed by atoms with E-state index in [1.807, 2.05) is 18.2 Å². The first kappa shape index (κ1) is 20.1. The summed E-state index contributed by atoms with van der Waals surface area (Å²) in [7, 11) is 0. The summed E-state index contributed by atoms with van der Waals surface area (Å²) >= 11 is 0. The molecule has 28 heavy (non-hydrogen) atoms. The molecular weight excluding hydrogens is 356 g/mol. The van der Waals surface area contributed by atoms with E-state index in [1.54, 1.807) is 6.92 Å². The number of benzene rings is 1. The van der Waals surface area contributed by atoms with Gasteiger partial charge in [0, 0.05) is 17.8 Å². The second kappa shape index (κ2) is 9.50. The normalized spacial score (nSPS) is 16.3. The topological polar surface area (TPSA) is 98.1 Å². The Morgan fingerprint density at radius 2 is 1.75 bits per heavy atom. The number of hydrogen-bond acceptors (Lipinski definition) is 4. The SMILES string of the molecule is Cc1[nH]c(=O)[nH]c(=O)c1CC(=O)NCC(c1ccccc1)N1CCCCCC1. The summed E-state index contributed by atoms with van der Waals surface area (Å²) in [6.45, 7) is 4.16. The van der Waals surface area contributed by atoms with Crippen LogP contribution in [-0.4, -0.2) is 40.4 Å². The van der Waals surface area contributed by atoms with Gasteiger partial charge in [0.1, 0.15) is 0 Å². The molecule has 1 saturated heterocycles. The number of hydrogen-bond donors (Lipinski definition) is 3. The molecular formula is C21H28N4O3. The van der Waals surface area contributed by atoms with E-state index in [-0.39, 0.29) is 18.4 Å². The third-order valence-corrected chi connectivity index (χ3v) is 5.35. The van der Waals surface area contributed by atoms with Crippen LogP contribution in [0, 0.1) is 6.92 Å². The lowest BCUT2D eigenvalue weighted by atomic mass is 10.0. The number of aromatic amines is 2. The predicted octanol–water partition coefficient (Wildman–Crippen LogP) is 1.65. The summed E-state index contributed by atoms with van der Waals surface area (Å²) in [5.74, 6) is -0.226. The van der Waals surface area contributed by atoms with E-state index in [9.17, 15) is 14.4 Å². The van der Waals surface area contributed by atoms with Crippen LogP contribution in [0.15, 0.2) is 39.9 Å². The van der Waals surface area contributed by atoms with Crippen LogP contribution < -0.4 is 16.6 Å². The maximum absolute atomic E-state index is 12.5. The minimum atomic E-state index is -0.558. The van der Waals surface area contributed by atoms with Crippen LogP contribution in [0.5, 0.6) is 0 Å². The van der Waals surface area contributed by atoms with E-state index < -0.39 is 11.2 Å². The predicted molar refractivity (Wildman–Crippen MR) is 108 cm³/mol. The van der Waals surface area contributed by atoms with Crippen molar-refractivity contribution in [2.45, 2.75) is 45.1 Å². The van der Waals surface area contributed by atoms with Crippen molar-refractivity contribution >= 4 is 5.91 Å². The largest absolute Gasteiger partial charge is 0.354 e. The Hall–Kier alpha value is -2.67.